The summed E-state index contributed by atoms with van der Waals surface area (Å²) in [7, 11) is 1.56. The zero-order chi connectivity index (χ0) is 32.4. The zero-order valence-electron chi connectivity index (χ0n) is 25.4. The predicted molar refractivity (Wildman–Crippen MR) is 174 cm³/mol. The van der Waals surface area contributed by atoms with Crippen LogP contribution in [0, 0.1) is 6.92 Å². The lowest BCUT2D eigenvalue weighted by Crippen LogP contribution is -2.49. The van der Waals surface area contributed by atoms with Gasteiger partial charge in [0.05, 0.1) is 29.2 Å². The summed E-state index contributed by atoms with van der Waals surface area (Å²) >= 11 is 6.63. The van der Waals surface area contributed by atoms with E-state index in [1.165, 1.54) is 6.07 Å². The molecule has 4 aromatic rings. The first-order chi connectivity index (χ1) is 22.3. The summed E-state index contributed by atoms with van der Waals surface area (Å²) in [6, 6.07) is 17.4. The fraction of sp³-hybridized carbons (Fsp3) is 0.273. The number of carbonyl (C=O) groups is 3. The number of piperazine rings is 1. The van der Waals surface area contributed by atoms with E-state index in [0.29, 0.717) is 89.4 Å². The summed E-state index contributed by atoms with van der Waals surface area (Å²) in [5.74, 6) is 0.486. The number of hydrogen-bond acceptors (Lipinski definition) is 9. The van der Waals surface area contributed by atoms with Crippen LogP contribution < -0.4 is 25.3 Å². The van der Waals surface area contributed by atoms with Crippen LogP contribution in [0.4, 0.5) is 22.7 Å². The van der Waals surface area contributed by atoms with Gasteiger partial charge in [0, 0.05) is 56.0 Å². The average molecular weight is 645 g/mol. The van der Waals surface area contributed by atoms with Crippen LogP contribution in [0.2, 0.25) is 5.02 Å². The lowest BCUT2D eigenvalue weighted by molar-refractivity contribution is -0.117. The van der Waals surface area contributed by atoms with Gasteiger partial charge in [0.2, 0.25) is 5.91 Å². The number of rotatable bonds is 8. The van der Waals surface area contributed by atoms with Gasteiger partial charge >= 0.3 is 0 Å². The Hall–Kier alpha value is -5.07. The number of ether oxygens (including phenoxy) is 1. The number of amides is 3. The molecule has 12 nitrogen and oxygen atoms in total. The molecule has 46 heavy (non-hydrogen) atoms. The number of anilines is 4. The molecule has 0 atom stereocenters. The molecule has 0 spiro atoms. The number of methoxy groups -OCH3 is 1. The zero-order valence-corrected chi connectivity index (χ0v) is 26.1. The van der Waals surface area contributed by atoms with Gasteiger partial charge < -0.3 is 29.3 Å². The molecular weight excluding hydrogens is 612 g/mol. The first-order valence-corrected chi connectivity index (χ1v) is 15.3. The van der Waals surface area contributed by atoms with E-state index in [9.17, 15) is 19.6 Å². The summed E-state index contributed by atoms with van der Waals surface area (Å²) < 4.78 is 10.9. The third-order valence-electron chi connectivity index (χ3n) is 8.32. The standard InChI is InChI=1S/C33H33ClN6O6/c1-20-30(31(37-46-20)23-6-3-4-7-28(23)45-2)33(43)39-16-14-38(15-17-39)27-19-25(26(36-44)18-24(27)34)35-32(42)21-9-11-22(12-10-21)40-13-5-8-29(40)41/h3-4,6-7,9-12,18-19,36,44H,5,8,13-17H2,1-2H3,(H,35,42). The Labute approximate surface area is 270 Å². The molecule has 3 amide bonds. The Balaban J connectivity index is 1.16. The number of aryl methyl sites for hydroxylation is 1. The molecule has 3 N–H and O–H groups in total. The van der Waals surface area contributed by atoms with Gasteiger partial charge in [-0.15, -0.1) is 0 Å². The maximum atomic E-state index is 13.7. The van der Waals surface area contributed by atoms with Gasteiger partial charge in [-0.1, -0.05) is 28.9 Å². The highest BCUT2D eigenvalue weighted by Crippen LogP contribution is 2.37. The van der Waals surface area contributed by atoms with Crippen molar-refractivity contribution in [3.8, 4) is 17.0 Å². The minimum atomic E-state index is -0.394. The van der Waals surface area contributed by atoms with Crippen LogP contribution in [0.25, 0.3) is 11.3 Å². The van der Waals surface area contributed by atoms with Gasteiger partial charge in [0.15, 0.2) is 0 Å². The van der Waals surface area contributed by atoms with Crippen molar-refractivity contribution in [1.29, 1.82) is 0 Å². The molecule has 238 valence electrons. The number of nitrogens with one attached hydrogen (secondary N) is 2. The highest BCUT2D eigenvalue weighted by molar-refractivity contribution is 6.34. The number of hydrogen-bond donors (Lipinski definition) is 3. The number of aromatic nitrogens is 1. The average Bonchev–Trinajstić information content (AvgIpc) is 3.69. The van der Waals surface area contributed by atoms with Gasteiger partial charge in [0.1, 0.15) is 22.8 Å². The Bertz CT molecular complexity index is 1780. The first kappa shape index (κ1) is 30.9. The van der Waals surface area contributed by atoms with Crippen LogP contribution in [0.1, 0.15) is 39.3 Å². The molecule has 1 aromatic heterocycles. The van der Waals surface area contributed by atoms with E-state index in [-0.39, 0.29) is 17.5 Å². The second-order valence-electron chi connectivity index (χ2n) is 11.1. The fourth-order valence-corrected chi connectivity index (χ4v) is 6.15. The van der Waals surface area contributed by atoms with Crippen molar-refractivity contribution < 1.29 is 28.9 Å². The van der Waals surface area contributed by atoms with Crippen molar-refractivity contribution in [2.45, 2.75) is 19.8 Å². The predicted octanol–water partition coefficient (Wildman–Crippen LogP) is 5.45. The Morgan fingerprint density at radius 1 is 1.00 bits per heavy atom. The van der Waals surface area contributed by atoms with Crippen molar-refractivity contribution in [2.24, 2.45) is 0 Å². The smallest absolute Gasteiger partial charge is 0.259 e. The van der Waals surface area contributed by atoms with Gasteiger partial charge in [-0.3, -0.25) is 25.1 Å². The van der Waals surface area contributed by atoms with E-state index >= 15 is 0 Å². The Morgan fingerprint density at radius 3 is 2.41 bits per heavy atom. The van der Waals surface area contributed by atoms with Crippen LogP contribution in [0.15, 0.2) is 65.2 Å². The highest BCUT2D eigenvalue weighted by Gasteiger charge is 2.30. The van der Waals surface area contributed by atoms with E-state index in [1.807, 2.05) is 23.1 Å². The van der Waals surface area contributed by atoms with Crippen molar-refractivity contribution >= 4 is 52.1 Å². The second kappa shape index (κ2) is 13.1. The molecular formula is C33H33ClN6O6. The van der Waals surface area contributed by atoms with E-state index in [1.54, 1.807) is 60.2 Å². The molecule has 2 fully saturated rings. The minimum absolute atomic E-state index is 0.0703. The summed E-state index contributed by atoms with van der Waals surface area (Å²) in [6.45, 7) is 4.11. The van der Waals surface area contributed by atoms with E-state index < -0.39 is 5.91 Å². The molecule has 13 heteroatoms. The molecule has 6 rings (SSSR count). The van der Waals surface area contributed by atoms with Crippen LogP contribution in [-0.2, 0) is 4.79 Å². The van der Waals surface area contributed by atoms with E-state index in [0.717, 1.165) is 12.1 Å². The van der Waals surface area contributed by atoms with Crippen LogP contribution >= 0.6 is 11.6 Å². The summed E-state index contributed by atoms with van der Waals surface area (Å²) in [5.41, 5.74) is 5.92. The molecule has 0 bridgehead atoms. The van der Waals surface area contributed by atoms with Crippen LogP contribution in [-0.4, -0.2) is 72.8 Å². The Kier molecular flexibility index (Phi) is 8.82. The number of halogens is 1. The maximum absolute atomic E-state index is 13.7. The molecule has 2 saturated heterocycles. The van der Waals surface area contributed by atoms with Crippen LogP contribution in [0.3, 0.4) is 0 Å². The van der Waals surface area contributed by atoms with E-state index in [2.05, 4.69) is 16.0 Å². The van der Waals surface area contributed by atoms with Gasteiger partial charge in [-0.25, -0.2) is 0 Å². The van der Waals surface area contributed by atoms with Crippen molar-refractivity contribution in [2.75, 3.05) is 60.4 Å². The number of nitrogens with zero attached hydrogens (tertiary/aromatic N) is 4. The Morgan fingerprint density at radius 2 is 1.74 bits per heavy atom. The lowest BCUT2D eigenvalue weighted by atomic mass is 10.0. The number of para-hydroxylation sites is 1. The molecule has 2 aliphatic heterocycles. The topological polar surface area (TPSA) is 140 Å². The highest BCUT2D eigenvalue weighted by atomic mass is 35.5. The molecule has 0 radical (unpaired) electrons. The molecule has 3 heterocycles. The largest absolute Gasteiger partial charge is 0.496 e. The molecule has 2 aliphatic rings. The molecule has 0 unspecified atom stereocenters. The normalized spacial score (nSPS) is 14.9. The van der Waals surface area contributed by atoms with Crippen molar-refractivity contribution in [3.05, 3.63) is 82.6 Å². The lowest BCUT2D eigenvalue weighted by Gasteiger charge is -2.36. The third kappa shape index (κ3) is 5.96. The first-order valence-electron chi connectivity index (χ1n) is 14.9. The van der Waals surface area contributed by atoms with Gasteiger partial charge in [0.25, 0.3) is 11.8 Å². The van der Waals surface area contributed by atoms with E-state index in [4.69, 9.17) is 20.9 Å². The minimum Gasteiger partial charge on any atom is -0.496 e. The van der Waals surface area contributed by atoms with Gasteiger partial charge in [-0.2, -0.15) is 0 Å². The number of carbonyl (C=O) groups excluding carboxylic acids is 3. The summed E-state index contributed by atoms with van der Waals surface area (Å²) in [4.78, 5) is 44.4. The number of benzene rings is 3. The molecule has 0 aliphatic carbocycles. The van der Waals surface area contributed by atoms with Crippen LogP contribution in [0.5, 0.6) is 5.75 Å². The monoisotopic (exact) mass is 644 g/mol. The SMILES string of the molecule is COc1ccccc1-c1noc(C)c1C(=O)N1CCN(c2cc(NC(=O)c3ccc(N4CCCC4=O)cc3)c(NO)cc2Cl)CC1. The quantitative estimate of drug-likeness (QED) is 0.213. The van der Waals surface area contributed by atoms with Crippen molar-refractivity contribution in [1.82, 2.24) is 10.1 Å². The molecule has 3 aromatic carbocycles. The summed E-state index contributed by atoms with van der Waals surface area (Å²) in [6.07, 6.45) is 1.34. The third-order valence-corrected chi connectivity index (χ3v) is 8.62. The van der Waals surface area contributed by atoms with Crippen molar-refractivity contribution in [3.63, 3.8) is 0 Å². The van der Waals surface area contributed by atoms with Gasteiger partial charge in [-0.05, 0) is 61.9 Å². The summed E-state index contributed by atoms with van der Waals surface area (Å²) in [5, 5.41) is 17.2. The fourth-order valence-electron chi connectivity index (χ4n) is 5.87. The molecule has 0 saturated carbocycles. The maximum Gasteiger partial charge on any atom is 0.259 e. The second-order valence-corrected chi connectivity index (χ2v) is 11.5.